The summed E-state index contributed by atoms with van der Waals surface area (Å²) in [6, 6.07) is 4.03. The van der Waals surface area contributed by atoms with Crippen LogP contribution in [0.15, 0.2) is 28.9 Å². The van der Waals surface area contributed by atoms with Crippen LogP contribution in [0.25, 0.3) is 0 Å². The second kappa shape index (κ2) is 5.52. The molecule has 0 saturated carbocycles. The molecule has 0 aliphatic heterocycles. The Bertz CT molecular complexity index is 625. The van der Waals surface area contributed by atoms with Gasteiger partial charge in [-0.2, -0.15) is 5.10 Å². The molecular weight excluding hydrogens is 315 g/mol. The molecule has 2 rings (SSSR count). The number of hydrogen-bond acceptors (Lipinski definition) is 3. The largest absolute Gasteiger partial charge is 0.494 e. The van der Waals surface area contributed by atoms with Gasteiger partial charge >= 0.3 is 0 Å². The van der Waals surface area contributed by atoms with Crippen molar-refractivity contribution in [1.29, 1.82) is 0 Å². The van der Waals surface area contributed by atoms with Crippen molar-refractivity contribution in [1.82, 2.24) is 9.78 Å². The summed E-state index contributed by atoms with van der Waals surface area (Å²) in [4.78, 5) is 12.4. The fraction of sp³-hybridized carbons (Fsp3) is 0.231. The Kier molecular flexibility index (Phi) is 3.99. The number of ketones is 1. The third-order valence-electron chi connectivity index (χ3n) is 2.72. The summed E-state index contributed by atoms with van der Waals surface area (Å²) in [5.41, 5.74) is 0.797. The van der Waals surface area contributed by atoms with Gasteiger partial charge in [-0.25, -0.2) is 4.39 Å². The van der Waals surface area contributed by atoms with Crippen molar-refractivity contribution in [2.24, 2.45) is 0 Å². The number of methoxy groups -OCH3 is 1. The van der Waals surface area contributed by atoms with Gasteiger partial charge in [0.2, 0.25) is 5.78 Å². The minimum absolute atomic E-state index is 0.0459. The van der Waals surface area contributed by atoms with Gasteiger partial charge in [0.25, 0.3) is 0 Å². The van der Waals surface area contributed by atoms with Crippen molar-refractivity contribution in [2.45, 2.75) is 13.5 Å². The normalized spacial score (nSPS) is 10.5. The number of aryl methyl sites for hydroxylation is 1. The van der Waals surface area contributed by atoms with E-state index in [1.807, 2.05) is 6.92 Å². The van der Waals surface area contributed by atoms with E-state index >= 15 is 0 Å². The summed E-state index contributed by atoms with van der Waals surface area (Å²) in [7, 11) is 1.36. The van der Waals surface area contributed by atoms with E-state index in [-0.39, 0.29) is 11.5 Å². The van der Waals surface area contributed by atoms with Crippen LogP contribution in [0.4, 0.5) is 4.39 Å². The molecule has 1 aromatic carbocycles. The Morgan fingerprint density at radius 2 is 2.26 bits per heavy atom. The number of nitrogens with zero attached hydrogens (tertiary/aromatic N) is 2. The van der Waals surface area contributed by atoms with E-state index in [9.17, 15) is 9.18 Å². The standard InChI is InChI=1S/C13H12BrFN2O2/c1-3-17-12(9(14)7-16-17)13(18)8-4-5-10(15)11(6-8)19-2/h4-7H,3H2,1-2H3. The highest BCUT2D eigenvalue weighted by molar-refractivity contribution is 9.10. The number of hydrogen-bond donors (Lipinski definition) is 0. The van der Waals surface area contributed by atoms with E-state index < -0.39 is 5.82 Å². The van der Waals surface area contributed by atoms with Gasteiger partial charge in [-0.1, -0.05) is 0 Å². The molecule has 0 bridgehead atoms. The second-order valence-electron chi connectivity index (χ2n) is 3.84. The number of rotatable bonds is 4. The number of ether oxygens (including phenoxy) is 1. The van der Waals surface area contributed by atoms with Crippen molar-refractivity contribution in [3.8, 4) is 5.75 Å². The van der Waals surface area contributed by atoms with Crippen LogP contribution in [0.5, 0.6) is 5.75 Å². The molecule has 0 saturated heterocycles. The Hall–Kier alpha value is -1.69. The maximum absolute atomic E-state index is 13.3. The molecule has 1 heterocycles. The number of carbonyl (C=O) groups is 1. The van der Waals surface area contributed by atoms with Gasteiger partial charge in [0.05, 0.1) is 17.8 Å². The number of carbonyl (C=O) groups excluding carboxylic acids is 1. The molecule has 0 radical (unpaired) electrons. The van der Waals surface area contributed by atoms with Crippen molar-refractivity contribution in [3.05, 3.63) is 45.9 Å². The molecule has 0 N–H and O–H groups in total. The third kappa shape index (κ3) is 2.53. The maximum atomic E-state index is 13.3. The number of halogens is 2. The van der Waals surface area contributed by atoms with Crippen LogP contribution in [0.2, 0.25) is 0 Å². The molecule has 19 heavy (non-hydrogen) atoms. The maximum Gasteiger partial charge on any atom is 0.212 e. The molecule has 0 fully saturated rings. The van der Waals surface area contributed by atoms with Crippen molar-refractivity contribution >= 4 is 21.7 Å². The highest BCUT2D eigenvalue weighted by Gasteiger charge is 2.19. The highest BCUT2D eigenvalue weighted by Crippen LogP contribution is 2.23. The lowest BCUT2D eigenvalue weighted by Gasteiger charge is -2.07. The first kappa shape index (κ1) is 13.7. The zero-order chi connectivity index (χ0) is 14.0. The SMILES string of the molecule is CCn1ncc(Br)c1C(=O)c1ccc(F)c(OC)c1. The van der Waals surface area contributed by atoms with Gasteiger partial charge in [-0.15, -0.1) is 0 Å². The first-order valence-electron chi connectivity index (χ1n) is 5.68. The van der Waals surface area contributed by atoms with E-state index in [0.717, 1.165) is 0 Å². The van der Waals surface area contributed by atoms with Crippen molar-refractivity contribution in [2.75, 3.05) is 7.11 Å². The molecule has 1 aromatic heterocycles. The molecule has 4 nitrogen and oxygen atoms in total. The summed E-state index contributed by atoms with van der Waals surface area (Å²) in [6.07, 6.45) is 1.57. The molecular formula is C13H12BrFN2O2. The van der Waals surface area contributed by atoms with Crippen LogP contribution in [0.3, 0.4) is 0 Å². The van der Waals surface area contributed by atoms with Gasteiger partial charge in [-0.3, -0.25) is 9.48 Å². The van der Waals surface area contributed by atoms with E-state index in [1.54, 1.807) is 10.9 Å². The quantitative estimate of drug-likeness (QED) is 0.811. The lowest BCUT2D eigenvalue weighted by atomic mass is 10.1. The van der Waals surface area contributed by atoms with Gasteiger partial charge in [0.1, 0.15) is 5.69 Å². The van der Waals surface area contributed by atoms with Gasteiger partial charge in [0, 0.05) is 12.1 Å². The Morgan fingerprint density at radius 3 is 2.89 bits per heavy atom. The summed E-state index contributed by atoms with van der Waals surface area (Å²) in [6.45, 7) is 2.46. The van der Waals surface area contributed by atoms with Crippen LogP contribution in [0.1, 0.15) is 23.0 Å². The van der Waals surface area contributed by atoms with Gasteiger partial charge in [-0.05, 0) is 41.1 Å². The van der Waals surface area contributed by atoms with Crippen LogP contribution in [-0.4, -0.2) is 22.7 Å². The van der Waals surface area contributed by atoms with Crippen molar-refractivity contribution < 1.29 is 13.9 Å². The summed E-state index contributed by atoms with van der Waals surface area (Å²) < 4.78 is 20.4. The predicted octanol–water partition coefficient (Wildman–Crippen LogP) is 3.04. The third-order valence-corrected chi connectivity index (χ3v) is 3.30. The average molecular weight is 327 g/mol. The average Bonchev–Trinajstić information content (AvgIpc) is 2.79. The van der Waals surface area contributed by atoms with Gasteiger partial charge in [0.15, 0.2) is 11.6 Å². The summed E-state index contributed by atoms with van der Waals surface area (Å²) >= 11 is 3.30. The Labute approximate surface area is 118 Å². The molecule has 2 aromatic rings. The van der Waals surface area contributed by atoms with Crippen LogP contribution < -0.4 is 4.74 Å². The van der Waals surface area contributed by atoms with E-state index in [2.05, 4.69) is 21.0 Å². The number of aromatic nitrogens is 2. The van der Waals surface area contributed by atoms with Crippen LogP contribution >= 0.6 is 15.9 Å². The Morgan fingerprint density at radius 1 is 1.53 bits per heavy atom. The van der Waals surface area contributed by atoms with Crippen LogP contribution in [-0.2, 0) is 6.54 Å². The summed E-state index contributed by atoms with van der Waals surface area (Å²) in [5.74, 6) is -0.684. The second-order valence-corrected chi connectivity index (χ2v) is 4.69. The molecule has 0 aliphatic carbocycles. The molecule has 0 amide bonds. The summed E-state index contributed by atoms with van der Waals surface area (Å²) in [5, 5.41) is 4.08. The fourth-order valence-corrected chi connectivity index (χ4v) is 2.24. The molecule has 0 aliphatic rings. The lowest BCUT2D eigenvalue weighted by molar-refractivity contribution is 0.102. The molecule has 100 valence electrons. The zero-order valence-corrected chi connectivity index (χ0v) is 12.1. The Balaban J connectivity index is 2.47. The highest BCUT2D eigenvalue weighted by atomic mass is 79.9. The van der Waals surface area contributed by atoms with E-state index in [0.29, 0.717) is 22.3 Å². The van der Waals surface area contributed by atoms with Gasteiger partial charge < -0.3 is 4.74 Å². The lowest BCUT2D eigenvalue weighted by Crippen LogP contribution is -2.11. The van der Waals surface area contributed by atoms with E-state index in [4.69, 9.17) is 4.74 Å². The van der Waals surface area contributed by atoms with E-state index in [1.165, 1.54) is 25.3 Å². The number of benzene rings is 1. The van der Waals surface area contributed by atoms with Crippen LogP contribution in [0, 0.1) is 5.82 Å². The minimum atomic E-state index is -0.498. The minimum Gasteiger partial charge on any atom is -0.494 e. The first-order chi connectivity index (χ1) is 9.08. The zero-order valence-electron chi connectivity index (χ0n) is 10.5. The molecule has 0 spiro atoms. The van der Waals surface area contributed by atoms with Crippen molar-refractivity contribution in [3.63, 3.8) is 0 Å². The molecule has 0 atom stereocenters. The molecule has 6 heteroatoms. The first-order valence-corrected chi connectivity index (χ1v) is 6.47. The monoisotopic (exact) mass is 326 g/mol. The topological polar surface area (TPSA) is 44.1 Å². The predicted molar refractivity (Wildman–Crippen MR) is 72.0 cm³/mol. The molecule has 0 unspecified atom stereocenters. The fourth-order valence-electron chi connectivity index (χ4n) is 1.77. The smallest absolute Gasteiger partial charge is 0.212 e.